The molecule has 19 heavy (non-hydrogen) atoms. The smallest absolute Gasteiger partial charge is 0.360 e. The molecule has 0 fully saturated rings. The lowest BCUT2D eigenvalue weighted by Crippen LogP contribution is -2.34. The van der Waals surface area contributed by atoms with Crippen molar-refractivity contribution in [1.29, 1.82) is 0 Å². The van der Waals surface area contributed by atoms with Crippen LogP contribution >= 0.6 is 0 Å². The van der Waals surface area contributed by atoms with Crippen molar-refractivity contribution in [3.05, 3.63) is 12.0 Å². The van der Waals surface area contributed by atoms with Crippen molar-refractivity contribution in [3.63, 3.8) is 0 Å². The maximum Gasteiger partial charge on any atom is 0.360 e. The largest absolute Gasteiger partial charge is 0.480 e. The quantitative estimate of drug-likeness (QED) is 0.649. The molecule has 1 heterocycles. The predicted molar refractivity (Wildman–Crippen MR) is 59.9 cm³/mol. The number of oxazole rings is 1. The Kier molecular flexibility index (Phi) is 4.86. The molecule has 0 unspecified atom stereocenters. The minimum Gasteiger partial charge on any atom is -0.480 e. The lowest BCUT2D eigenvalue weighted by Gasteiger charge is -2.14. The van der Waals surface area contributed by atoms with E-state index in [9.17, 15) is 14.4 Å². The number of rotatable bonds is 7. The van der Waals surface area contributed by atoms with E-state index >= 15 is 0 Å². The van der Waals surface area contributed by atoms with Crippen LogP contribution in [0, 0.1) is 0 Å². The first-order valence-electron chi connectivity index (χ1n) is 5.25. The minimum atomic E-state index is -1.25. The SMILES string of the molecule is CCOC(=O)c1coc(N(CC(=O)O)CC(=O)O)n1. The van der Waals surface area contributed by atoms with Gasteiger partial charge < -0.3 is 24.3 Å². The Morgan fingerprint density at radius 3 is 2.37 bits per heavy atom. The van der Waals surface area contributed by atoms with Crippen LogP contribution in [0.5, 0.6) is 0 Å². The van der Waals surface area contributed by atoms with E-state index < -0.39 is 31.0 Å². The lowest BCUT2D eigenvalue weighted by molar-refractivity contribution is -0.136. The fraction of sp³-hybridized carbons (Fsp3) is 0.400. The normalized spacial score (nSPS) is 9.95. The van der Waals surface area contributed by atoms with E-state index in [0.717, 1.165) is 11.2 Å². The Balaban J connectivity index is 2.87. The molecule has 0 atom stereocenters. The molecule has 0 aliphatic carbocycles. The highest BCUT2D eigenvalue weighted by Gasteiger charge is 2.21. The highest BCUT2D eigenvalue weighted by Crippen LogP contribution is 2.14. The third-order valence-electron chi connectivity index (χ3n) is 1.90. The molecule has 0 bridgehead atoms. The molecule has 0 amide bonds. The van der Waals surface area contributed by atoms with E-state index in [1.54, 1.807) is 6.92 Å². The molecule has 9 nitrogen and oxygen atoms in total. The zero-order chi connectivity index (χ0) is 14.4. The molecule has 9 heteroatoms. The molecular formula is C10H12N2O7. The van der Waals surface area contributed by atoms with Gasteiger partial charge in [0.1, 0.15) is 19.4 Å². The Morgan fingerprint density at radius 1 is 1.32 bits per heavy atom. The van der Waals surface area contributed by atoms with Crippen LogP contribution in [0.2, 0.25) is 0 Å². The number of carbonyl (C=O) groups is 3. The third-order valence-corrected chi connectivity index (χ3v) is 1.90. The van der Waals surface area contributed by atoms with Crippen molar-refractivity contribution >= 4 is 23.9 Å². The van der Waals surface area contributed by atoms with Crippen LogP contribution in [0.4, 0.5) is 6.01 Å². The summed E-state index contributed by atoms with van der Waals surface area (Å²) >= 11 is 0. The van der Waals surface area contributed by atoms with Gasteiger partial charge in [-0.2, -0.15) is 4.98 Å². The Bertz CT molecular complexity index is 466. The second-order valence-corrected chi connectivity index (χ2v) is 3.38. The number of hydrogen-bond acceptors (Lipinski definition) is 7. The van der Waals surface area contributed by atoms with Gasteiger partial charge in [0.2, 0.25) is 0 Å². The average Bonchev–Trinajstić information content (AvgIpc) is 2.76. The Hall–Kier alpha value is -2.58. The number of aliphatic carboxylic acids is 2. The van der Waals surface area contributed by atoms with E-state index in [2.05, 4.69) is 9.72 Å². The van der Waals surface area contributed by atoms with Crippen LogP contribution in [0.3, 0.4) is 0 Å². The summed E-state index contributed by atoms with van der Waals surface area (Å²) in [6.45, 7) is 0.527. The average molecular weight is 272 g/mol. The van der Waals surface area contributed by atoms with Gasteiger partial charge in [-0.15, -0.1) is 0 Å². The number of anilines is 1. The van der Waals surface area contributed by atoms with E-state index in [1.165, 1.54) is 0 Å². The molecular weight excluding hydrogens is 260 g/mol. The topological polar surface area (TPSA) is 130 Å². The van der Waals surface area contributed by atoms with Crippen LogP contribution in [0.1, 0.15) is 17.4 Å². The number of nitrogens with zero attached hydrogens (tertiary/aromatic N) is 2. The molecule has 0 saturated heterocycles. The van der Waals surface area contributed by atoms with Crippen LogP contribution in [-0.4, -0.2) is 52.8 Å². The van der Waals surface area contributed by atoms with E-state index in [0.29, 0.717) is 0 Å². The lowest BCUT2D eigenvalue weighted by atomic mass is 10.5. The minimum absolute atomic E-state index is 0.148. The van der Waals surface area contributed by atoms with Crippen molar-refractivity contribution in [2.24, 2.45) is 0 Å². The van der Waals surface area contributed by atoms with Crippen LogP contribution in [0.15, 0.2) is 10.7 Å². The fourth-order valence-electron chi connectivity index (χ4n) is 1.23. The molecule has 1 aromatic heterocycles. The van der Waals surface area contributed by atoms with Crippen LogP contribution < -0.4 is 4.90 Å². The number of ether oxygens (including phenoxy) is 1. The van der Waals surface area contributed by atoms with E-state index in [1.807, 2.05) is 0 Å². The van der Waals surface area contributed by atoms with Gasteiger partial charge in [-0.1, -0.05) is 0 Å². The standard InChI is InChI=1S/C10H12N2O7/c1-2-18-9(17)6-5-19-10(11-6)12(3-7(13)14)4-8(15)16/h5H,2-4H2,1H3,(H,13,14)(H,15,16). The molecule has 0 aromatic carbocycles. The first kappa shape index (κ1) is 14.5. The van der Waals surface area contributed by atoms with Crippen molar-refractivity contribution < 1.29 is 33.8 Å². The third kappa shape index (κ3) is 4.30. The van der Waals surface area contributed by atoms with Crippen LogP contribution in [0.25, 0.3) is 0 Å². The number of esters is 1. The maximum atomic E-state index is 11.3. The summed E-state index contributed by atoms with van der Waals surface area (Å²) in [7, 11) is 0. The van der Waals surface area contributed by atoms with Crippen molar-refractivity contribution in [2.75, 3.05) is 24.6 Å². The first-order valence-corrected chi connectivity index (χ1v) is 5.25. The highest BCUT2D eigenvalue weighted by molar-refractivity contribution is 5.87. The summed E-state index contributed by atoms with van der Waals surface area (Å²) in [4.78, 5) is 37.1. The summed E-state index contributed by atoms with van der Waals surface area (Å²) in [5, 5.41) is 17.3. The molecule has 2 N–H and O–H groups in total. The molecule has 1 aromatic rings. The second kappa shape index (κ2) is 6.38. The molecule has 0 aliphatic heterocycles. The predicted octanol–water partition coefficient (Wildman–Crippen LogP) is -0.173. The Labute approximate surface area is 107 Å². The highest BCUT2D eigenvalue weighted by atomic mass is 16.5. The number of carboxylic acids is 2. The monoisotopic (exact) mass is 272 g/mol. The molecule has 0 spiro atoms. The summed E-state index contributed by atoms with van der Waals surface area (Å²) in [6.07, 6.45) is 0.976. The fourth-order valence-corrected chi connectivity index (χ4v) is 1.23. The van der Waals surface area contributed by atoms with Gasteiger partial charge in [-0.25, -0.2) is 4.79 Å². The zero-order valence-corrected chi connectivity index (χ0v) is 10.0. The molecule has 1 rings (SSSR count). The second-order valence-electron chi connectivity index (χ2n) is 3.38. The van der Waals surface area contributed by atoms with Crippen LogP contribution in [-0.2, 0) is 14.3 Å². The van der Waals surface area contributed by atoms with Crippen molar-refractivity contribution in [2.45, 2.75) is 6.92 Å². The number of carboxylic acid groups (broad SMARTS) is 2. The summed E-state index contributed by atoms with van der Waals surface area (Å²) in [5.41, 5.74) is -0.155. The van der Waals surface area contributed by atoms with Gasteiger partial charge in [0.05, 0.1) is 6.61 Å². The molecule has 0 radical (unpaired) electrons. The van der Waals surface area contributed by atoms with Gasteiger partial charge in [0, 0.05) is 0 Å². The summed E-state index contributed by atoms with van der Waals surface area (Å²) < 4.78 is 9.55. The van der Waals surface area contributed by atoms with Gasteiger partial charge in [-0.3, -0.25) is 9.59 Å². The summed E-state index contributed by atoms with van der Waals surface area (Å²) in [5.74, 6) is -3.24. The van der Waals surface area contributed by atoms with Gasteiger partial charge in [0.25, 0.3) is 6.01 Å². The van der Waals surface area contributed by atoms with Gasteiger partial charge in [-0.05, 0) is 6.92 Å². The van der Waals surface area contributed by atoms with E-state index in [4.69, 9.17) is 14.6 Å². The van der Waals surface area contributed by atoms with Gasteiger partial charge >= 0.3 is 17.9 Å². The zero-order valence-electron chi connectivity index (χ0n) is 10.0. The number of aromatic nitrogens is 1. The maximum absolute atomic E-state index is 11.3. The number of carbonyl (C=O) groups excluding carboxylic acids is 1. The van der Waals surface area contributed by atoms with E-state index in [-0.39, 0.29) is 18.3 Å². The summed E-state index contributed by atoms with van der Waals surface area (Å²) in [6, 6.07) is -0.271. The number of hydrogen-bond donors (Lipinski definition) is 2. The van der Waals surface area contributed by atoms with Gasteiger partial charge in [0.15, 0.2) is 5.69 Å². The first-order chi connectivity index (χ1) is 8.93. The molecule has 0 aliphatic rings. The molecule has 104 valence electrons. The van der Waals surface area contributed by atoms with Crippen molar-refractivity contribution in [3.8, 4) is 0 Å². The van der Waals surface area contributed by atoms with Crippen molar-refractivity contribution in [1.82, 2.24) is 4.98 Å². The Morgan fingerprint density at radius 2 is 1.89 bits per heavy atom. The molecule has 0 saturated carbocycles.